The van der Waals surface area contributed by atoms with Gasteiger partial charge in [-0.2, -0.15) is 0 Å². The molecule has 1 aliphatic heterocycles. The molecule has 0 spiro atoms. The molecule has 0 fully saturated rings. The third-order valence-corrected chi connectivity index (χ3v) is 5.21. The van der Waals surface area contributed by atoms with E-state index >= 15 is 0 Å². The van der Waals surface area contributed by atoms with Crippen LogP contribution in [0, 0.1) is 0 Å². The van der Waals surface area contributed by atoms with Gasteiger partial charge in [0.2, 0.25) is 0 Å². The van der Waals surface area contributed by atoms with E-state index in [0.717, 1.165) is 6.07 Å². The fourth-order valence-electron chi connectivity index (χ4n) is 2.04. The maximum absolute atomic E-state index is 14.3. The molecule has 2 aromatic rings. The quantitative estimate of drug-likeness (QED) is 0.553. The minimum absolute atomic E-state index is 0.00202. The Kier molecular flexibility index (Phi) is 2.04. The van der Waals surface area contributed by atoms with Crippen LogP contribution in [0.2, 0.25) is 0 Å². The molecule has 92 valence electrons. The summed E-state index contributed by atoms with van der Waals surface area (Å²) in [5.74, 6) is 0. The summed E-state index contributed by atoms with van der Waals surface area (Å²) >= 11 is 0. The summed E-state index contributed by atoms with van der Waals surface area (Å²) in [7, 11) is -6.92. The SMILES string of the molecule is F[Si-]1(F)(F)c2ccccc2N=[N+]1c1ccccc1. The van der Waals surface area contributed by atoms with Gasteiger partial charge in [0, 0.05) is 0 Å². The zero-order valence-corrected chi connectivity index (χ0v) is 10.2. The molecule has 0 radical (unpaired) electrons. The van der Waals surface area contributed by atoms with Gasteiger partial charge in [0.05, 0.1) is 0 Å². The van der Waals surface area contributed by atoms with Crippen LogP contribution in [0.3, 0.4) is 0 Å². The maximum atomic E-state index is 14.3. The van der Waals surface area contributed by atoms with E-state index in [1.807, 2.05) is 0 Å². The fraction of sp³-hybridized carbons (Fsp3) is 0. The summed E-state index contributed by atoms with van der Waals surface area (Å²) < 4.78 is 43.1. The van der Waals surface area contributed by atoms with Crippen molar-refractivity contribution < 1.29 is 16.7 Å². The summed E-state index contributed by atoms with van der Waals surface area (Å²) in [6.45, 7) is 0. The van der Waals surface area contributed by atoms with Gasteiger partial charge in [-0.15, -0.1) is 0 Å². The molecule has 0 saturated carbocycles. The van der Waals surface area contributed by atoms with E-state index in [9.17, 15) is 12.3 Å². The Morgan fingerprint density at radius 3 is 2.11 bits per heavy atom. The second-order valence-corrected chi connectivity index (χ2v) is 6.82. The van der Waals surface area contributed by atoms with Crippen LogP contribution in [0.4, 0.5) is 23.7 Å². The van der Waals surface area contributed by atoms with E-state index in [4.69, 9.17) is 0 Å². The Morgan fingerprint density at radius 2 is 1.44 bits per heavy atom. The van der Waals surface area contributed by atoms with Crippen molar-refractivity contribution in [2.75, 3.05) is 0 Å². The fourth-order valence-corrected chi connectivity index (χ4v) is 4.00. The first-order valence-corrected chi connectivity index (χ1v) is 7.51. The predicted octanol–water partition coefficient (Wildman–Crippen LogP) is 3.63. The molecule has 18 heavy (non-hydrogen) atoms. The molecule has 1 aliphatic rings. The molecule has 0 bridgehead atoms. The molecule has 0 saturated heterocycles. The summed E-state index contributed by atoms with van der Waals surface area (Å²) in [6, 6.07) is 13.1. The standard InChI is InChI=1S/C12H9F3N2Si/c13-18(14,15)12-9-5-4-8-11(12)16-17(18)10-6-2-1-3-7-10/h1-9H. The molecule has 6 heteroatoms. The van der Waals surface area contributed by atoms with Crippen molar-refractivity contribution in [3.8, 4) is 0 Å². The molecule has 3 rings (SSSR count). The minimum atomic E-state index is -6.92. The van der Waals surface area contributed by atoms with Gasteiger partial charge < -0.3 is 0 Å². The number of benzene rings is 2. The zero-order valence-electron chi connectivity index (χ0n) is 9.22. The molecule has 0 unspecified atom stereocenters. The Hall–Kier alpha value is -1.95. The summed E-state index contributed by atoms with van der Waals surface area (Å²) in [5.41, 5.74) is 0.0664. The van der Waals surface area contributed by atoms with Crippen molar-refractivity contribution in [1.29, 1.82) is 0 Å². The van der Waals surface area contributed by atoms with E-state index in [-0.39, 0.29) is 15.7 Å². The molecule has 1 heterocycles. The number of halogens is 3. The molecule has 2 aromatic carbocycles. The number of fused-ring (bicyclic) bond motifs is 1. The van der Waals surface area contributed by atoms with Crippen LogP contribution < -0.4 is 5.19 Å². The van der Waals surface area contributed by atoms with E-state index in [0.29, 0.717) is 0 Å². The van der Waals surface area contributed by atoms with Gasteiger partial charge in [-0.3, -0.25) is 0 Å². The number of para-hydroxylation sites is 1. The van der Waals surface area contributed by atoms with Gasteiger partial charge in [-0.25, -0.2) is 0 Å². The second kappa shape index (κ2) is 3.29. The van der Waals surface area contributed by atoms with Crippen LogP contribution in [-0.4, -0.2) is 12.9 Å². The van der Waals surface area contributed by atoms with Crippen molar-refractivity contribution in [3.63, 3.8) is 0 Å². The number of hydrogen-bond donors (Lipinski definition) is 0. The van der Waals surface area contributed by atoms with Crippen LogP contribution in [0.5, 0.6) is 0 Å². The summed E-state index contributed by atoms with van der Waals surface area (Å²) in [4.78, 5) is 0. The van der Waals surface area contributed by atoms with Gasteiger partial charge in [0.1, 0.15) is 0 Å². The predicted molar refractivity (Wildman–Crippen MR) is 63.6 cm³/mol. The monoisotopic (exact) mass is 266 g/mol. The average Bonchev–Trinajstić information content (AvgIpc) is 2.59. The van der Waals surface area contributed by atoms with Gasteiger partial charge in [-0.05, 0) is 0 Å². The molecular weight excluding hydrogens is 257 g/mol. The van der Waals surface area contributed by atoms with Crippen molar-refractivity contribution in [3.05, 3.63) is 54.6 Å². The number of nitrogens with zero attached hydrogens (tertiary/aromatic N) is 2. The average molecular weight is 266 g/mol. The second-order valence-electron chi connectivity index (χ2n) is 4.13. The van der Waals surface area contributed by atoms with Crippen molar-refractivity contribution in [2.24, 2.45) is 5.11 Å². The van der Waals surface area contributed by atoms with Gasteiger partial charge >= 0.3 is 101 Å². The number of hydrogen-bond acceptors (Lipinski definition) is 1. The molecule has 0 aromatic heterocycles. The van der Waals surface area contributed by atoms with E-state index in [1.54, 1.807) is 24.3 Å². The molecule has 0 N–H and O–H groups in total. The van der Waals surface area contributed by atoms with Gasteiger partial charge in [0.15, 0.2) is 0 Å². The van der Waals surface area contributed by atoms with Gasteiger partial charge in [0.25, 0.3) is 0 Å². The third-order valence-electron chi connectivity index (χ3n) is 2.88. The Labute approximate surface area is 102 Å². The zero-order chi connectivity index (χ0) is 12.8. The van der Waals surface area contributed by atoms with Crippen LogP contribution in [0.25, 0.3) is 0 Å². The number of azo groups is 1. The molecular formula is C12H9F3N2Si. The van der Waals surface area contributed by atoms with Gasteiger partial charge in [-0.1, -0.05) is 0 Å². The molecule has 0 atom stereocenters. The molecule has 0 amide bonds. The van der Waals surface area contributed by atoms with Crippen LogP contribution >= 0.6 is 0 Å². The summed E-state index contributed by atoms with van der Waals surface area (Å²) in [6.07, 6.45) is 0. The van der Waals surface area contributed by atoms with Crippen LogP contribution in [-0.2, 0) is 0 Å². The first-order chi connectivity index (χ1) is 8.47. The Bertz CT molecular complexity index is 647. The Morgan fingerprint density at radius 1 is 0.833 bits per heavy atom. The normalized spacial score (nSPS) is 21.5. The molecule has 2 nitrogen and oxygen atoms in total. The number of rotatable bonds is 1. The van der Waals surface area contributed by atoms with Crippen LogP contribution in [0.1, 0.15) is 0 Å². The van der Waals surface area contributed by atoms with Crippen molar-refractivity contribution in [2.45, 2.75) is 0 Å². The van der Waals surface area contributed by atoms with Crippen molar-refractivity contribution in [1.82, 2.24) is 0 Å². The Balaban J connectivity index is 2.26. The first kappa shape index (κ1) is 11.2. The van der Waals surface area contributed by atoms with Crippen molar-refractivity contribution >= 4 is 25.1 Å². The summed E-state index contributed by atoms with van der Waals surface area (Å²) in [5, 5.41) is 3.14. The molecule has 0 aliphatic carbocycles. The van der Waals surface area contributed by atoms with E-state index in [1.165, 1.54) is 24.3 Å². The third kappa shape index (κ3) is 1.42. The topological polar surface area (TPSA) is 15.4 Å². The van der Waals surface area contributed by atoms with Crippen LogP contribution in [0.15, 0.2) is 59.7 Å². The van der Waals surface area contributed by atoms with E-state index in [2.05, 4.69) is 5.11 Å². The van der Waals surface area contributed by atoms with E-state index < -0.39 is 13.7 Å². The first-order valence-electron chi connectivity index (χ1n) is 5.43.